The molecule has 0 aliphatic carbocycles. The Hall–Kier alpha value is -0.710. The van der Waals surface area contributed by atoms with Crippen LogP contribution >= 0.6 is 15.9 Å². The maximum Gasteiger partial charge on any atom is 0.246 e. The average molecular weight is 372 g/mol. The molecule has 0 aliphatic heterocycles. The molecular formula is C9H14BrN3O4S2. The van der Waals surface area contributed by atoms with Gasteiger partial charge in [0, 0.05) is 30.5 Å². The third-order valence-corrected chi connectivity index (χ3v) is 5.56. The first-order chi connectivity index (χ1) is 8.54. The Bertz CT molecular complexity index is 673. The third-order valence-electron chi connectivity index (χ3n) is 2.31. The van der Waals surface area contributed by atoms with E-state index in [2.05, 4.69) is 20.9 Å². The number of hydrogen-bond donors (Lipinski definition) is 1. The maximum absolute atomic E-state index is 12.2. The van der Waals surface area contributed by atoms with Crippen LogP contribution in [0, 0.1) is 0 Å². The molecule has 10 heteroatoms. The fourth-order valence-electron chi connectivity index (χ4n) is 1.22. The van der Waals surface area contributed by atoms with Crippen LogP contribution in [0.3, 0.4) is 0 Å². The lowest BCUT2D eigenvalue weighted by atomic mass is 10.5. The Morgan fingerprint density at radius 2 is 1.95 bits per heavy atom. The number of nitrogens with zero attached hydrogens (tertiary/aromatic N) is 2. The second-order valence-corrected chi connectivity index (χ2v) is 9.18. The van der Waals surface area contributed by atoms with E-state index in [-0.39, 0.29) is 23.0 Å². The van der Waals surface area contributed by atoms with Gasteiger partial charge < -0.3 is 5.73 Å². The monoisotopic (exact) mass is 371 g/mol. The SMILES string of the molecule is CN(CCS(C)(=O)=O)S(=O)(=O)c1cc(Br)cnc1N. The zero-order valence-corrected chi connectivity index (χ0v) is 13.6. The Balaban J connectivity index is 3.07. The van der Waals surface area contributed by atoms with Crippen LogP contribution in [0.25, 0.3) is 0 Å². The first kappa shape index (κ1) is 16.3. The molecule has 0 atom stereocenters. The Kier molecular flexibility index (Phi) is 4.93. The van der Waals surface area contributed by atoms with Crippen LogP contribution in [0.4, 0.5) is 5.82 Å². The number of sulfone groups is 1. The van der Waals surface area contributed by atoms with Crippen molar-refractivity contribution in [3.8, 4) is 0 Å². The first-order valence-corrected chi connectivity index (χ1v) is 9.38. The summed E-state index contributed by atoms with van der Waals surface area (Å²) >= 11 is 3.11. The number of aromatic nitrogens is 1. The van der Waals surface area contributed by atoms with Crippen molar-refractivity contribution in [2.24, 2.45) is 0 Å². The molecule has 108 valence electrons. The van der Waals surface area contributed by atoms with Crippen molar-refractivity contribution in [2.45, 2.75) is 4.90 Å². The first-order valence-electron chi connectivity index (χ1n) is 5.09. The summed E-state index contributed by atoms with van der Waals surface area (Å²) in [5.74, 6) is -0.390. The number of anilines is 1. The standard InChI is InChI=1S/C9H14BrN3O4S2/c1-13(3-4-18(2,14)15)19(16,17)8-5-7(10)6-12-9(8)11/h5-6H,3-4H2,1-2H3,(H2,11,12). The van der Waals surface area contributed by atoms with E-state index < -0.39 is 19.9 Å². The number of halogens is 1. The highest BCUT2D eigenvalue weighted by Gasteiger charge is 2.25. The van der Waals surface area contributed by atoms with Gasteiger partial charge in [-0.3, -0.25) is 0 Å². The Labute approximate surface area is 120 Å². The zero-order chi connectivity index (χ0) is 14.8. The van der Waals surface area contributed by atoms with Crippen molar-refractivity contribution >= 4 is 41.6 Å². The fraction of sp³-hybridized carbons (Fsp3) is 0.444. The number of rotatable bonds is 5. The van der Waals surface area contributed by atoms with E-state index in [0.29, 0.717) is 4.47 Å². The van der Waals surface area contributed by atoms with Crippen molar-refractivity contribution in [1.82, 2.24) is 9.29 Å². The van der Waals surface area contributed by atoms with Gasteiger partial charge in [0.15, 0.2) is 0 Å². The molecule has 0 fully saturated rings. The Morgan fingerprint density at radius 1 is 1.37 bits per heavy atom. The lowest BCUT2D eigenvalue weighted by Crippen LogP contribution is -2.32. The van der Waals surface area contributed by atoms with Gasteiger partial charge in [-0.25, -0.2) is 21.8 Å². The molecule has 0 spiro atoms. The van der Waals surface area contributed by atoms with Crippen LogP contribution in [-0.2, 0) is 19.9 Å². The number of hydrogen-bond acceptors (Lipinski definition) is 6. The maximum atomic E-state index is 12.2. The summed E-state index contributed by atoms with van der Waals surface area (Å²) in [4.78, 5) is 3.59. The van der Waals surface area contributed by atoms with Gasteiger partial charge in [-0.15, -0.1) is 0 Å². The van der Waals surface area contributed by atoms with Crippen LogP contribution < -0.4 is 5.73 Å². The molecule has 1 aromatic rings. The molecule has 0 amide bonds. The number of nitrogens with two attached hydrogens (primary N) is 1. The molecule has 0 bridgehead atoms. The van der Waals surface area contributed by atoms with Gasteiger partial charge in [-0.1, -0.05) is 0 Å². The van der Waals surface area contributed by atoms with Gasteiger partial charge >= 0.3 is 0 Å². The minimum absolute atomic E-state index is 0.130. The largest absolute Gasteiger partial charge is 0.383 e. The molecule has 2 N–H and O–H groups in total. The van der Waals surface area contributed by atoms with E-state index in [4.69, 9.17) is 5.73 Å². The number of nitrogen functional groups attached to an aromatic ring is 1. The molecule has 0 saturated carbocycles. The van der Waals surface area contributed by atoms with Crippen molar-refractivity contribution in [3.63, 3.8) is 0 Å². The number of pyridine rings is 1. The molecule has 7 nitrogen and oxygen atoms in total. The topological polar surface area (TPSA) is 110 Å². The molecule has 0 unspecified atom stereocenters. The summed E-state index contributed by atoms with van der Waals surface area (Å²) in [5, 5.41) is 0. The highest BCUT2D eigenvalue weighted by atomic mass is 79.9. The van der Waals surface area contributed by atoms with Crippen molar-refractivity contribution in [2.75, 3.05) is 31.3 Å². The molecule has 0 aromatic carbocycles. The van der Waals surface area contributed by atoms with E-state index >= 15 is 0 Å². The minimum atomic E-state index is -3.86. The second-order valence-electron chi connectivity index (χ2n) is 3.99. The predicted molar refractivity (Wildman–Crippen MR) is 75.9 cm³/mol. The van der Waals surface area contributed by atoms with Crippen LogP contribution in [-0.4, -0.2) is 51.7 Å². The van der Waals surface area contributed by atoms with Gasteiger partial charge in [-0.05, 0) is 22.0 Å². The van der Waals surface area contributed by atoms with Gasteiger partial charge in [0.2, 0.25) is 10.0 Å². The summed E-state index contributed by atoms with van der Waals surface area (Å²) in [6, 6.07) is 1.33. The van der Waals surface area contributed by atoms with Gasteiger partial charge in [0.05, 0.1) is 5.75 Å². The summed E-state index contributed by atoms with van der Waals surface area (Å²) in [5.41, 5.74) is 5.54. The summed E-state index contributed by atoms with van der Waals surface area (Å²) in [6.07, 6.45) is 2.42. The van der Waals surface area contributed by atoms with Crippen LogP contribution in [0.2, 0.25) is 0 Å². The van der Waals surface area contributed by atoms with Crippen molar-refractivity contribution in [3.05, 3.63) is 16.7 Å². The van der Waals surface area contributed by atoms with E-state index in [1.807, 2.05) is 0 Å². The van der Waals surface area contributed by atoms with E-state index in [1.165, 1.54) is 19.3 Å². The van der Waals surface area contributed by atoms with Crippen LogP contribution in [0.1, 0.15) is 0 Å². The lowest BCUT2D eigenvalue weighted by Gasteiger charge is -2.17. The van der Waals surface area contributed by atoms with Gasteiger partial charge in [0.25, 0.3) is 0 Å². The molecular weight excluding hydrogens is 358 g/mol. The zero-order valence-electron chi connectivity index (χ0n) is 10.4. The average Bonchev–Trinajstić information content (AvgIpc) is 2.28. The highest BCUT2D eigenvalue weighted by molar-refractivity contribution is 9.10. The van der Waals surface area contributed by atoms with Gasteiger partial charge in [-0.2, -0.15) is 4.31 Å². The molecule has 1 heterocycles. The molecule has 0 saturated heterocycles. The summed E-state index contributed by atoms with van der Waals surface area (Å²) < 4.78 is 47.9. The summed E-state index contributed by atoms with van der Waals surface area (Å²) in [6.45, 7) is -0.146. The minimum Gasteiger partial charge on any atom is -0.383 e. The normalized spacial score (nSPS) is 12.8. The van der Waals surface area contributed by atoms with E-state index in [0.717, 1.165) is 10.6 Å². The smallest absolute Gasteiger partial charge is 0.246 e. The van der Waals surface area contributed by atoms with Crippen LogP contribution in [0.15, 0.2) is 21.6 Å². The molecule has 0 aliphatic rings. The van der Waals surface area contributed by atoms with E-state index in [1.54, 1.807) is 0 Å². The van der Waals surface area contributed by atoms with Gasteiger partial charge in [0.1, 0.15) is 20.6 Å². The number of sulfonamides is 1. The highest BCUT2D eigenvalue weighted by Crippen LogP contribution is 2.23. The lowest BCUT2D eigenvalue weighted by molar-refractivity contribution is 0.485. The summed E-state index contributed by atoms with van der Waals surface area (Å²) in [7, 11) is -5.81. The van der Waals surface area contributed by atoms with Crippen molar-refractivity contribution in [1.29, 1.82) is 0 Å². The third kappa shape index (κ3) is 4.41. The second kappa shape index (κ2) is 5.73. The molecule has 1 rings (SSSR count). The fourth-order valence-corrected chi connectivity index (χ4v) is 3.68. The van der Waals surface area contributed by atoms with E-state index in [9.17, 15) is 16.8 Å². The molecule has 0 radical (unpaired) electrons. The molecule has 1 aromatic heterocycles. The quantitative estimate of drug-likeness (QED) is 0.785. The van der Waals surface area contributed by atoms with Crippen LogP contribution in [0.5, 0.6) is 0 Å². The predicted octanol–water partition coefficient (Wildman–Crippen LogP) is 0.0914. The Morgan fingerprint density at radius 3 is 2.47 bits per heavy atom. The molecule has 19 heavy (non-hydrogen) atoms. The van der Waals surface area contributed by atoms with Crippen molar-refractivity contribution < 1.29 is 16.8 Å².